The fourth-order valence-corrected chi connectivity index (χ4v) is 7.07. The van der Waals surface area contributed by atoms with Crippen molar-refractivity contribution in [2.24, 2.45) is 0 Å². The maximum Gasteiger partial charge on any atom is 0.334 e. The van der Waals surface area contributed by atoms with Crippen LogP contribution in [-0.4, -0.2) is 58.8 Å². The summed E-state index contributed by atoms with van der Waals surface area (Å²) in [5.41, 5.74) is 0.852. The molecule has 0 aromatic carbocycles. The molecule has 1 saturated heterocycles. The second-order valence-electron chi connectivity index (χ2n) is 14.2. The van der Waals surface area contributed by atoms with Crippen LogP contribution in [-0.2, 0) is 23.8 Å². The van der Waals surface area contributed by atoms with Gasteiger partial charge in [-0.3, -0.25) is 4.79 Å². The summed E-state index contributed by atoms with van der Waals surface area (Å²) in [5, 5.41) is 21.5. The molecule has 2 heterocycles. The highest BCUT2D eigenvalue weighted by Gasteiger charge is 2.37. The van der Waals surface area contributed by atoms with E-state index in [1.807, 2.05) is 13.0 Å². The SMILES string of the molecule is CCCCCCCCCCCC[C@@H](O)[C@H]1CC[C@H]([C@@H](C[C@H](O)CCCCCCCCCCCCC2=C[C@@H](C)OC2=O)OC(C)=O)O1. The minimum absolute atomic E-state index is 0.0624. The lowest BCUT2D eigenvalue weighted by molar-refractivity contribution is -0.159. The maximum absolute atomic E-state index is 11.8. The molecule has 1 fully saturated rings. The molecule has 0 aromatic heterocycles. The summed E-state index contributed by atoms with van der Waals surface area (Å²) in [6, 6.07) is 0. The van der Waals surface area contributed by atoms with Crippen molar-refractivity contribution in [3.8, 4) is 0 Å². The molecular weight excluding hydrogens is 580 g/mol. The highest BCUT2D eigenvalue weighted by molar-refractivity contribution is 5.90. The Morgan fingerprint density at radius 2 is 1.28 bits per heavy atom. The van der Waals surface area contributed by atoms with Crippen LogP contribution in [0.3, 0.4) is 0 Å². The second-order valence-corrected chi connectivity index (χ2v) is 14.2. The normalized spacial score (nSPS) is 21.6. The molecule has 2 aliphatic rings. The van der Waals surface area contributed by atoms with Crippen molar-refractivity contribution in [2.45, 2.75) is 224 Å². The zero-order valence-corrected chi connectivity index (χ0v) is 29.9. The third-order valence-corrected chi connectivity index (χ3v) is 9.83. The summed E-state index contributed by atoms with van der Waals surface area (Å²) >= 11 is 0. The largest absolute Gasteiger partial charge is 0.460 e. The summed E-state index contributed by atoms with van der Waals surface area (Å²) in [6.07, 6.45) is 28.6. The summed E-state index contributed by atoms with van der Waals surface area (Å²) < 4.78 is 17.0. The number of hydrogen-bond donors (Lipinski definition) is 2. The zero-order valence-electron chi connectivity index (χ0n) is 29.9. The molecule has 0 amide bonds. The zero-order chi connectivity index (χ0) is 33.4. The Labute approximate surface area is 281 Å². The average molecular weight is 651 g/mol. The second kappa shape index (κ2) is 25.6. The summed E-state index contributed by atoms with van der Waals surface area (Å²) in [7, 11) is 0. The van der Waals surface area contributed by atoms with Gasteiger partial charge in [-0.1, -0.05) is 129 Å². The lowest BCUT2D eigenvalue weighted by Crippen LogP contribution is -2.36. The average Bonchev–Trinajstić information content (AvgIpc) is 3.64. The van der Waals surface area contributed by atoms with E-state index >= 15 is 0 Å². The Balaban J connectivity index is 1.48. The summed E-state index contributed by atoms with van der Waals surface area (Å²) in [6.45, 7) is 5.57. The van der Waals surface area contributed by atoms with Gasteiger partial charge in [0.05, 0.1) is 24.4 Å². The van der Waals surface area contributed by atoms with Crippen LogP contribution < -0.4 is 0 Å². The van der Waals surface area contributed by atoms with Crippen LogP contribution in [0.4, 0.5) is 0 Å². The van der Waals surface area contributed by atoms with Crippen LogP contribution in [0.5, 0.6) is 0 Å². The Morgan fingerprint density at radius 1 is 0.783 bits per heavy atom. The van der Waals surface area contributed by atoms with Gasteiger partial charge in [0, 0.05) is 18.9 Å². The van der Waals surface area contributed by atoms with E-state index in [4.69, 9.17) is 14.2 Å². The highest BCUT2D eigenvalue weighted by Crippen LogP contribution is 2.30. The van der Waals surface area contributed by atoms with Crippen LogP contribution in [0, 0.1) is 0 Å². The number of esters is 2. The number of ether oxygens (including phenoxy) is 3. The van der Waals surface area contributed by atoms with Gasteiger partial charge in [-0.15, -0.1) is 0 Å². The van der Waals surface area contributed by atoms with Gasteiger partial charge >= 0.3 is 11.9 Å². The molecule has 0 aliphatic carbocycles. The van der Waals surface area contributed by atoms with E-state index in [-0.39, 0.29) is 30.3 Å². The molecule has 2 N–H and O–H groups in total. The van der Waals surface area contributed by atoms with Crippen molar-refractivity contribution in [3.05, 3.63) is 11.6 Å². The van der Waals surface area contributed by atoms with Crippen molar-refractivity contribution < 1.29 is 34.0 Å². The fourth-order valence-electron chi connectivity index (χ4n) is 7.07. The van der Waals surface area contributed by atoms with Gasteiger partial charge in [0.25, 0.3) is 0 Å². The molecule has 0 unspecified atom stereocenters. The number of hydrogen-bond acceptors (Lipinski definition) is 7. The van der Waals surface area contributed by atoms with Crippen molar-refractivity contribution in [3.63, 3.8) is 0 Å². The first-order chi connectivity index (χ1) is 22.3. The van der Waals surface area contributed by atoms with Crippen LogP contribution in [0.15, 0.2) is 11.6 Å². The van der Waals surface area contributed by atoms with Crippen LogP contribution in [0.2, 0.25) is 0 Å². The number of aliphatic hydroxyl groups excluding tert-OH is 2. The van der Waals surface area contributed by atoms with E-state index in [0.717, 1.165) is 69.8 Å². The Hall–Kier alpha value is -1.44. The van der Waals surface area contributed by atoms with E-state index in [9.17, 15) is 19.8 Å². The lowest BCUT2D eigenvalue weighted by atomic mass is 9.98. The molecule has 0 spiro atoms. The quantitative estimate of drug-likeness (QED) is 0.0614. The van der Waals surface area contributed by atoms with Crippen molar-refractivity contribution in [2.75, 3.05) is 0 Å². The maximum atomic E-state index is 11.8. The third-order valence-electron chi connectivity index (χ3n) is 9.83. The number of aliphatic hydroxyl groups is 2. The van der Waals surface area contributed by atoms with Gasteiger partial charge in [0.1, 0.15) is 12.2 Å². The number of cyclic esters (lactones) is 1. The number of carbonyl (C=O) groups excluding carboxylic acids is 2. The van der Waals surface area contributed by atoms with Crippen molar-refractivity contribution in [1.29, 1.82) is 0 Å². The van der Waals surface area contributed by atoms with Gasteiger partial charge in [-0.25, -0.2) is 4.79 Å². The van der Waals surface area contributed by atoms with E-state index in [0.29, 0.717) is 12.8 Å². The lowest BCUT2D eigenvalue weighted by Gasteiger charge is -2.27. The van der Waals surface area contributed by atoms with Gasteiger partial charge in [0.15, 0.2) is 0 Å². The fraction of sp³-hybridized carbons (Fsp3) is 0.897. The van der Waals surface area contributed by atoms with E-state index in [1.54, 1.807) is 0 Å². The molecule has 7 nitrogen and oxygen atoms in total. The van der Waals surface area contributed by atoms with E-state index in [2.05, 4.69) is 6.92 Å². The molecule has 268 valence electrons. The standard InChI is InChI=1S/C39H70O7/c1-4-5-6-7-8-9-14-17-20-23-26-35(42)36-27-28-37(46-36)38(45-32(3)40)30-34(41)25-22-19-16-13-11-10-12-15-18-21-24-33-29-31(2)44-39(33)43/h29,31,34-38,41-42H,4-28,30H2,1-3H3/t31-,34-,35-,36-,37-,38-/m1/s1. The molecule has 0 radical (unpaired) electrons. The minimum Gasteiger partial charge on any atom is -0.460 e. The monoisotopic (exact) mass is 651 g/mol. The molecule has 46 heavy (non-hydrogen) atoms. The third kappa shape index (κ3) is 18.8. The van der Waals surface area contributed by atoms with E-state index in [1.165, 1.54) is 96.8 Å². The molecule has 2 aliphatic heterocycles. The topological polar surface area (TPSA) is 102 Å². The number of carbonyl (C=O) groups is 2. The smallest absolute Gasteiger partial charge is 0.334 e. The van der Waals surface area contributed by atoms with Crippen molar-refractivity contribution in [1.82, 2.24) is 0 Å². The van der Waals surface area contributed by atoms with Crippen molar-refractivity contribution >= 4 is 11.9 Å². The van der Waals surface area contributed by atoms with Gasteiger partial charge in [-0.05, 0) is 51.5 Å². The summed E-state index contributed by atoms with van der Waals surface area (Å²) in [5.74, 6) is -0.480. The first-order valence-corrected chi connectivity index (χ1v) is 19.4. The van der Waals surface area contributed by atoms with Crippen LogP contribution >= 0.6 is 0 Å². The van der Waals surface area contributed by atoms with Gasteiger partial charge in [0.2, 0.25) is 0 Å². The molecule has 2 rings (SSSR count). The van der Waals surface area contributed by atoms with Crippen LogP contribution in [0.1, 0.15) is 188 Å². The number of unbranched alkanes of at least 4 members (excludes halogenated alkanes) is 18. The first kappa shape index (κ1) is 40.7. The Morgan fingerprint density at radius 3 is 1.80 bits per heavy atom. The predicted octanol–water partition coefficient (Wildman–Crippen LogP) is 9.44. The molecule has 0 saturated carbocycles. The highest BCUT2D eigenvalue weighted by atomic mass is 16.6. The summed E-state index contributed by atoms with van der Waals surface area (Å²) in [4.78, 5) is 23.5. The van der Waals surface area contributed by atoms with Gasteiger partial charge < -0.3 is 24.4 Å². The molecule has 7 heteroatoms. The molecular formula is C39H70O7. The predicted molar refractivity (Wildman–Crippen MR) is 186 cm³/mol. The molecule has 0 bridgehead atoms. The number of rotatable bonds is 29. The first-order valence-electron chi connectivity index (χ1n) is 19.4. The molecule has 6 atom stereocenters. The van der Waals surface area contributed by atoms with Gasteiger partial charge in [-0.2, -0.15) is 0 Å². The Kier molecular flexibility index (Phi) is 22.6. The Bertz CT molecular complexity index is 827. The van der Waals surface area contributed by atoms with E-state index < -0.39 is 18.3 Å². The van der Waals surface area contributed by atoms with Crippen LogP contribution in [0.25, 0.3) is 0 Å². The minimum atomic E-state index is -0.520. The molecule has 0 aromatic rings.